The van der Waals surface area contributed by atoms with Gasteiger partial charge in [-0.2, -0.15) is 0 Å². The van der Waals surface area contributed by atoms with Crippen LogP contribution in [0.15, 0.2) is 36.4 Å². The number of amides is 1. The van der Waals surface area contributed by atoms with Crippen LogP contribution in [0.2, 0.25) is 20.1 Å². The van der Waals surface area contributed by atoms with Crippen molar-refractivity contribution in [2.75, 3.05) is 17.2 Å². The molecule has 21 heavy (non-hydrogen) atoms. The van der Waals surface area contributed by atoms with Gasteiger partial charge in [-0.3, -0.25) is 4.79 Å². The van der Waals surface area contributed by atoms with E-state index in [1.54, 1.807) is 36.4 Å². The van der Waals surface area contributed by atoms with E-state index in [1.165, 1.54) is 0 Å². The van der Waals surface area contributed by atoms with Crippen LogP contribution >= 0.6 is 46.4 Å². The van der Waals surface area contributed by atoms with Gasteiger partial charge in [0.2, 0.25) is 5.91 Å². The quantitative estimate of drug-likeness (QED) is 0.768. The van der Waals surface area contributed by atoms with Crippen LogP contribution in [-0.4, -0.2) is 12.5 Å². The van der Waals surface area contributed by atoms with E-state index in [1.807, 2.05) is 0 Å². The normalized spacial score (nSPS) is 10.3. The molecule has 0 aliphatic rings. The first-order valence-electron chi connectivity index (χ1n) is 5.89. The predicted octanol–water partition coefficient (Wildman–Crippen LogP) is 5.35. The third-order valence-corrected chi connectivity index (χ3v) is 3.52. The van der Waals surface area contributed by atoms with Crippen LogP contribution in [0.3, 0.4) is 0 Å². The predicted molar refractivity (Wildman–Crippen MR) is 90.0 cm³/mol. The van der Waals surface area contributed by atoms with Gasteiger partial charge >= 0.3 is 0 Å². The van der Waals surface area contributed by atoms with Gasteiger partial charge in [0.05, 0.1) is 17.3 Å². The molecular formula is C14H10Cl4N2O. The van der Waals surface area contributed by atoms with Gasteiger partial charge < -0.3 is 10.6 Å². The number of nitrogens with one attached hydrogen (secondary N) is 2. The Morgan fingerprint density at radius 3 is 2.24 bits per heavy atom. The highest BCUT2D eigenvalue weighted by Gasteiger charge is 2.07. The van der Waals surface area contributed by atoms with Crippen LogP contribution in [0, 0.1) is 0 Å². The summed E-state index contributed by atoms with van der Waals surface area (Å²) in [5, 5.41) is 7.47. The largest absolute Gasteiger partial charge is 0.376 e. The molecule has 3 nitrogen and oxygen atoms in total. The smallest absolute Gasteiger partial charge is 0.243 e. The summed E-state index contributed by atoms with van der Waals surface area (Å²) >= 11 is 23.6. The lowest BCUT2D eigenvalue weighted by Crippen LogP contribution is -2.21. The zero-order valence-electron chi connectivity index (χ0n) is 10.6. The molecule has 0 aliphatic heterocycles. The SMILES string of the molecule is O=C(CNc1cc(Cl)cc(Cl)c1)Nc1cc(Cl)ccc1Cl. The lowest BCUT2D eigenvalue weighted by atomic mass is 10.3. The maximum atomic E-state index is 11.9. The lowest BCUT2D eigenvalue weighted by Gasteiger charge is -2.10. The van der Waals surface area contributed by atoms with Gasteiger partial charge in [0.25, 0.3) is 0 Å². The van der Waals surface area contributed by atoms with Crippen LogP contribution < -0.4 is 10.6 Å². The molecule has 0 heterocycles. The first-order valence-corrected chi connectivity index (χ1v) is 7.40. The Labute approximate surface area is 142 Å². The average molecular weight is 364 g/mol. The number of benzene rings is 2. The number of carbonyl (C=O) groups is 1. The van der Waals surface area contributed by atoms with E-state index in [9.17, 15) is 4.79 Å². The van der Waals surface area contributed by atoms with Crippen LogP contribution in [0.1, 0.15) is 0 Å². The van der Waals surface area contributed by atoms with Crippen molar-refractivity contribution < 1.29 is 4.79 Å². The van der Waals surface area contributed by atoms with Gasteiger partial charge in [-0.15, -0.1) is 0 Å². The van der Waals surface area contributed by atoms with Crippen LogP contribution in [-0.2, 0) is 4.79 Å². The minimum atomic E-state index is -0.268. The number of halogens is 4. The van der Waals surface area contributed by atoms with E-state index in [0.29, 0.717) is 31.5 Å². The van der Waals surface area contributed by atoms with Crippen LogP contribution in [0.4, 0.5) is 11.4 Å². The molecule has 2 N–H and O–H groups in total. The minimum absolute atomic E-state index is 0.0412. The van der Waals surface area contributed by atoms with Gasteiger partial charge in [0, 0.05) is 20.8 Å². The topological polar surface area (TPSA) is 41.1 Å². The summed E-state index contributed by atoms with van der Waals surface area (Å²) in [7, 11) is 0. The summed E-state index contributed by atoms with van der Waals surface area (Å²) in [6, 6.07) is 9.80. The minimum Gasteiger partial charge on any atom is -0.376 e. The van der Waals surface area contributed by atoms with Crippen LogP contribution in [0.25, 0.3) is 0 Å². The van der Waals surface area contributed by atoms with Crippen molar-refractivity contribution in [1.82, 2.24) is 0 Å². The van der Waals surface area contributed by atoms with Gasteiger partial charge in [-0.1, -0.05) is 46.4 Å². The molecule has 2 rings (SSSR count). The molecule has 0 saturated heterocycles. The van der Waals surface area contributed by atoms with Crippen molar-refractivity contribution in [2.24, 2.45) is 0 Å². The fourth-order valence-corrected chi connectivity index (χ4v) is 2.49. The van der Waals surface area contributed by atoms with Gasteiger partial charge in [0.15, 0.2) is 0 Å². The molecule has 0 atom stereocenters. The van der Waals surface area contributed by atoms with Crippen LogP contribution in [0.5, 0.6) is 0 Å². The first kappa shape index (κ1) is 16.2. The van der Waals surface area contributed by atoms with Crippen molar-refractivity contribution in [2.45, 2.75) is 0 Å². The molecule has 0 unspecified atom stereocenters. The molecule has 0 aliphatic carbocycles. The summed E-state index contributed by atoms with van der Waals surface area (Å²) < 4.78 is 0. The molecular weight excluding hydrogens is 354 g/mol. The summed E-state index contributed by atoms with van der Waals surface area (Å²) in [5.74, 6) is -0.268. The van der Waals surface area contributed by atoms with E-state index in [2.05, 4.69) is 10.6 Å². The number of hydrogen-bond acceptors (Lipinski definition) is 2. The average Bonchev–Trinajstić information content (AvgIpc) is 2.40. The second-order valence-corrected chi connectivity index (χ2v) is 5.90. The number of hydrogen-bond donors (Lipinski definition) is 2. The van der Waals surface area contributed by atoms with Crippen molar-refractivity contribution in [3.8, 4) is 0 Å². The fraction of sp³-hybridized carbons (Fsp3) is 0.0714. The zero-order chi connectivity index (χ0) is 15.4. The summed E-state index contributed by atoms with van der Waals surface area (Å²) in [6.07, 6.45) is 0. The van der Waals surface area contributed by atoms with Gasteiger partial charge in [0.1, 0.15) is 0 Å². The maximum absolute atomic E-state index is 11.9. The van der Waals surface area contributed by atoms with E-state index in [-0.39, 0.29) is 12.5 Å². The zero-order valence-corrected chi connectivity index (χ0v) is 13.6. The van der Waals surface area contributed by atoms with Crippen molar-refractivity contribution >= 4 is 63.7 Å². The number of carbonyl (C=O) groups excluding carboxylic acids is 1. The van der Waals surface area contributed by atoms with Crippen molar-refractivity contribution in [1.29, 1.82) is 0 Å². The molecule has 2 aromatic rings. The standard InChI is InChI=1S/C14H10Cl4N2O/c15-8-1-2-12(18)13(6-8)20-14(21)7-19-11-4-9(16)3-10(17)5-11/h1-6,19H,7H2,(H,20,21). The molecule has 0 radical (unpaired) electrons. The molecule has 0 spiro atoms. The molecule has 2 aromatic carbocycles. The summed E-state index contributed by atoms with van der Waals surface area (Å²) in [4.78, 5) is 11.9. The highest BCUT2D eigenvalue weighted by atomic mass is 35.5. The molecule has 0 saturated carbocycles. The third kappa shape index (κ3) is 4.97. The van der Waals surface area contributed by atoms with Crippen molar-refractivity contribution in [3.63, 3.8) is 0 Å². The summed E-state index contributed by atoms with van der Waals surface area (Å²) in [6.45, 7) is 0.0412. The van der Waals surface area contributed by atoms with Crippen molar-refractivity contribution in [3.05, 3.63) is 56.5 Å². The Kier molecular flexibility index (Phi) is 5.59. The Hall–Kier alpha value is -1.13. The second-order valence-electron chi connectivity index (χ2n) is 4.18. The summed E-state index contributed by atoms with van der Waals surface area (Å²) in [5.41, 5.74) is 1.11. The third-order valence-electron chi connectivity index (χ3n) is 2.52. The molecule has 1 amide bonds. The molecule has 7 heteroatoms. The number of rotatable bonds is 4. The molecule has 0 aromatic heterocycles. The Balaban J connectivity index is 1.97. The Morgan fingerprint density at radius 2 is 1.57 bits per heavy atom. The first-order chi connectivity index (χ1) is 9.94. The maximum Gasteiger partial charge on any atom is 0.243 e. The second kappa shape index (κ2) is 7.23. The van der Waals surface area contributed by atoms with Gasteiger partial charge in [-0.05, 0) is 36.4 Å². The van der Waals surface area contributed by atoms with E-state index >= 15 is 0 Å². The highest BCUT2D eigenvalue weighted by molar-refractivity contribution is 6.36. The molecule has 0 fully saturated rings. The monoisotopic (exact) mass is 362 g/mol. The lowest BCUT2D eigenvalue weighted by molar-refractivity contribution is -0.114. The molecule has 0 bridgehead atoms. The van der Waals surface area contributed by atoms with E-state index < -0.39 is 0 Å². The van der Waals surface area contributed by atoms with E-state index in [4.69, 9.17) is 46.4 Å². The molecule has 110 valence electrons. The highest BCUT2D eigenvalue weighted by Crippen LogP contribution is 2.25. The van der Waals surface area contributed by atoms with E-state index in [0.717, 1.165) is 0 Å². The fourth-order valence-electron chi connectivity index (χ4n) is 1.63. The van der Waals surface area contributed by atoms with Gasteiger partial charge in [-0.25, -0.2) is 0 Å². The number of anilines is 2. The Bertz CT molecular complexity index is 656. The Morgan fingerprint density at radius 1 is 0.905 bits per heavy atom.